The largest absolute Gasteiger partial charge is 0.326 e. The summed E-state index contributed by atoms with van der Waals surface area (Å²) < 4.78 is 2.22. The Kier molecular flexibility index (Phi) is 4.11. The van der Waals surface area contributed by atoms with Gasteiger partial charge in [0.05, 0.1) is 17.6 Å². The van der Waals surface area contributed by atoms with Crippen molar-refractivity contribution < 1.29 is 0 Å². The van der Waals surface area contributed by atoms with Gasteiger partial charge in [-0.05, 0) is 25.6 Å². The molecule has 0 aromatic carbocycles. The summed E-state index contributed by atoms with van der Waals surface area (Å²) in [6, 6.07) is 2.00. The van der Waals surface area contributed by atoms with E-state index in [1.165, 1.54) is 0 Å². The van der Waals surface area contributed by atoms with E-state index in [9.17, 15) is 0 Å². The summed E-state index contributed by atoms with van der Waals surface area (Å²) in [5, 5.41) is 0. The summed E-state index contributed by atoms with van der Waals surface area (Å²) in [6.07, 6.45) is 3.60. The molecule has 0 aliphatic heterocycles. The van der Waals surface area contributed by atoms with Crippen LogP contribution in [0.2, 0.25) is 0 Å². The van der Waals surface area contributed by atoms with Gasteiger partial charge in [-0.2, -0.15) is 0 Å². The molecule has 2 heterocycles. The second-order valence-electron chi connectivity index (χ2n) is 6.01. The smallest absolute Gasteiger partial charge is 0.124 e. The fourth-order valence-corrected chi connectivity index (χ4v) is 2.85. The zero-order valence-electron chi connectivity index (χ0n) is 12.0. The zero-order chi connectivity index (χ0) is 14.0. The molecule has 0 saturated carbocycles. The Morgan fingerprint density at radius 1 is 1.37 bits per heavy atom. The molecular weight excluding hydrogens is 260 g/mol. The molecule has 0 spiro atoms. The van der Waals surface area contributed by atoms with Crippen LogP contribution in [0, 0.1) is 5.41 Å². The fourth-order valence-electron chi connectivity index (χ4n) is 2.64. The van der Waals surface area contributed by atoms with Crippen LogP contribution in [-0.2, 0) is 12.4 Å². The minimum atomic E-state index is 0.154. The van der Waals surface area contributed by atoms with E-state index in [4.69, 9.17) is 11.6 Å². The number of hydrogen-bond donors (Lipinski definition) is 0. The Morgan fingerprint density at radius 2 is 2.11 bits per heavy atom. The number of pyridine rings is 1. The maximum Gasteiger partial charge on any atom is 0.124 e. The SMILES string of the molecule is CN(C)CC(C)(C)Cn1c(CCl)nc2cnccc21. The Hall–Kier alpha value is -1.13. The lowest BCUT2D eigenvalue weighted by Gasteiger charge is -2.29. The first-order chi connectivity index (χ1) is 8.93. The van der Waals surface area contributed by atoms with E-state index in [1.54, 1.807) is 12.4 Å². The van der Waals surface area contributed by atoms with Gasteiger partial charge in [0, 0.05) is 19.3 Å². The molecule has 19 heavy (non-hydrogen) atoms. The van der Waals surface area contributed by atoms with E-state index in [-0.39, 0.29) is 5.41 Å². The molecule has 104 valence electrons. The Morgan fingerprint density at radius 3 is 2.74 bits per heavy atom. The average molecular weight is 281 g/mol. The van der Waals surface area contributed by atoms with Gasteiger partial charge >= 0.3 is 0 Å². The van der Waals surface area contributed by atoms with Crippen molar-refractivity contribution in [1.29, 1.82) is 0 Å². The van der Waals surface area contributed by atoms with E-state index in [0.29, 0.717) is 5.88 Å². The van der Waals surface area contributed by atoms with Crippen LogP contribution in [0.4, 0.5) is 0 Å². The third-order valence-electron chi connectivity index (χ3n) is 3.08. The van der Waals surface area contributed by atoms with Crippen molar-refractivity contribution in [2.75, 3.05) is 20.6 Å². The molecule has 0 atom stereocenters. The number of aromatic nitrogens is 3. The number of hydrogen-bond acceptors (Lipinski definition) is 3. The van der Waals surface area contributed by atoms with Gasteiger partial charge in [0.15, 0.2) is 0 Å². The third-order valence-corrected chi connectivity index (χ3v) is 3.32. The summed E-state index contributed by atoms with van der Waals surface area (Å²) in [4.78, 5) is 10.9. The Labute approximate surface area is 119 Å². The van der Waals surface area contributed by atoms with Crippen LogP contribution >= 0.6 is 11.6 Å². The van der Waals surface area contributed by atoms with E-state index >= 15 is 0 Å². The zero-order valence-corrected chi connectivity index (χ0v) is 12.8. The number of nitrogens with zero attached hydrogens (tertiary/aromatic N) is 4. The number of alkyl halides is 1. The van der Waals surface area contributed by atoms with Gasteiger partial charge in [-0.3, -0.25) is 4.98 Å². The number of rotatable bonds is 5. The topological polar surface area (TPSA) is 34.0 Å². The van der Waals surface area contributed by atoms with Crippen LogP contribution in [0.15, 0.2) is 18.5 Å². The monoisotopic (exact) mass is 280 g/mol. The number of halogens is 1. The van der Waals surface area contributed by atoms with Crippen LogP contribution in [0.3, 0.4) is 0 Å². The van der Waals surface area contributed by atoms with Gasteiger partial charge < -0.3 is 9.47 Å². The van der Waals surface area contributed by atoms with Crippen LogP contribution in [0.1, 0.15) is 19.7 Å². The van der Waals surface area contributed by atoms with E-state index in [1.807, 2.05) is 6.07 Å². The normalized spacial score (nSPS) is 12.5. The summed E-state index contributed by atoms with van der Waals surface area (Å²) in [6.45, 7) is 6.43. The molecule has 2 aromatic rings. The summed E-state index contributed by atoms with van der Waals surface area (Å²) in [5.41, 5.74) is 2.18. The first kappa shape index (κ1) is 14.3. The molecule has 4 nitrogen and oxygen atoms in total. The molecule has 5 heteroatoms. The number of imidazole rings is 1. The lowest BCUT2D eigenvalue weighted by atomic mass is 9.92. The minimum absolute atomic E-state index is 0.154. The molecule has 0 bridgehead atoms. The highest BCUT2D eigenvalue weighted by atomic mass is 35.5. The summed E-state index contributed by atoms with van der Waals surface area (Å²) in [7, 11) is 4.19. The van der Waals surface area contributed by atoms with Gasteiger partial charge in [0.25, 0.3) is 0 Å². The van der Waals surface area contributed by atoms with Crippen LogP contribution < -0.4 is 0 Å². The Bertz CT molecular complexity index is 560. The van der Waals surface area contributed by atoms with Crippen LogP contribution in [0.5, 0.6) is 0 Å². The highest BCUT2D eigenvalue weighted by Crippen LogP contribution is 2.24. The summed E-state index contributed by atoms with van der Waals surface area (Å²) in [5.74, 6) is 1.34. The molecule has 0 aliphatic rings. The quantitative estimate of drug-likeness (QED) is 0.790. The maximum atomic E-state index is 6.02. The van der Waals surface area contributed by atoms with E-state index in [0.717, 1.165) is 29.9 Å². The molecule has 2 rings (SSSR count). The molecule has 0 amide bonds. The minimum Gasteiger partial charge on any atom is -0.326 e. The van der Waals surface area contributed by atoms with Gasteiger partial charge in [0.2, 0.25) is 0 Å². The predicted octanol–water partition coefficient (Wildman–Crippen LogP) is 2.76. The van der Waals surface area contributed by atoms with E-state index < -0.39 is 0 Å². The average Bonchev–Trinajstić information content (AvgIpc) is 2.65. The van der Waals surface area contributed by atoms with Crippen LogP contribution in [0.25, 0.3) is 11.0 Å². The molecule has 0 fully saturated rings. The molecule has 0 unspecified atom stereocenters. The fraction of sp³-hybridized carbons (Fsp3) is 0.571. The van der Waals surface area contributed by atoms with Crippen molar-refractivity contribution in [2.24, 2.45) is 5.41 Å². The van der Waals surface area contributed by atoms with Gasteiger partial charge in [-0.25, -0.2) is 4.98 Å². The molecule has 0 aliphatic carbocycles. The van der Waals surface area contributed by atoms with Gasteiger partial charge in [-0.15, -0.1) is 11.6 Å². The van der Waals surface area contributed by atoms with Crippen molar-refractivity contribution >= 4 is 22.6 Å². The molecule has 2 aromatic heterocycles. The van der Waals surface area contributed by atoms with Crippen molar-refractivity contribution in [3.8, 4) is 0 Å². The molecule has 0 N–H and O–H groups in total. The lowest BCUT2D eigenvalue weighted by molar-refractivity contribution is 0.212. The maximum absolute atomic E-state index is 6.02. The van der Waals surface area contributed by atoms with Crippen molar-refractivity contribution in [2.45, 2.75) is 26.3 Å². The van der Waals surface area contributed by atoms with Gasteiger partial charge in [0.1, 0.15) is 11.3 Å². The molecule has 0 saturated heterocycles. The first-order valence-electron chi connectivity index (χ1n) is 6.43. The molecule has 0 radical (unpaired) electrons. The second-order valence-corrected chi connectivity index (χ2v) is 6.28. The van der Waals surface area contributed by atoms with Crippen LogP contribution in [-0.4, -0.2) is 40.1 Å². The third kappa shape index (κ3) is 3.25. The number of fused-ring (bicyclic) bond motifs is 1. The van der Waals surface area contributed by atoms with E-state index in [2.05, 4.69) is 47.4 Å². The summed E-state index contributed by atoms with van der Waals surface area (Å²) >= 11 is 6.02. The lowest BCUT2D eigenvalue weighted by Crippen LogP contribution is -2.32. The van der Waals surface area contributed by atoms with Crippen molar-refractivity contribution in [3.05, 3.63) is 24.3 Å². The molecular formula is C14H21ClN4. The van der Waals surface area contributed by atoms with Gasteiger partial charge in [-0.1, -0.05) is 13.8 Å². The van der Waals surface area contributed by atoms with Crippen molar-refractivity contribution in [3.63, 3.8) is 0 Å². The second kappa shape index (κ2) is 5.47. The highest BCUT2D eigenvalue weighted by Gasteiger charge is 2.22. The van der Waals surface area contributed by atoms with Crippen molar-refractivity contribution in [1.82, 2.24) is 19.4 Å². The standard InChI is InChI=1S/C14H21ClN4/c1-14(2,9-18(3)4)10-19-12-5-6-16-8-11(12)17-13(19)7-15/h5-6,8H,7,9-10H2,1-4H3. The predicted molar refractivity (Wildman–Crippen MR) is 79.4 cm³/mol. The highest BCUT2D eigenvalue weighted by molar-refractivity contribution is 6.16. The Balaban J connectivity index is 2.38. The first-order valence-corrected chi connectivity index (χ1v) is 6.96.